The maximum absolute atomic E-state index is 3.33. The monoisotopic (exact) mass is 228 g/mol. The van der Waals surface area contributed by atoms with Crippen LogP contribution in [0.2, 0.25) is 0 Å². The van der Waals surface area contributed by atoms with Crippen molar-refractivity contribution in [3.8, 4) is 23.7 Å². The van der Waals surface area contributed by atoms with Gasteiger partial charge in [-0.2, -0.15) is 0 Å². The highest BCUT2D eigenvalue weighted by Gasteiger charge is 2.10. The highest BCUT2D eigenvalue weighted by atomic mass is 14.1. The Balaban J connectivity index is 2.52. The minimum atomic E-state index is 1.04. The Hall–Kier alpha value is -1.14. The molecule has 0 heteroatoms. The Morgan fingerprint density at radius 2 is 1.29 bits per heavy atom. The van der Waals surface area contributed by atoms with E-state index in [1.807, 2.05) is 0 Å². The Labute approximate surface area is 107 Å². The molecule has 0 amide bonds. The van der Waals surface area contributed by atoms with Crippen LogP contribution in [0.5, 0.6) is 0 Å². The summed E-state index contributed by atoms with van der Waals surface area (Å²) in [5.74, 6) is 13.2. The van der Waals surface area contributed by atoms with Crippen LogP contribution in [0, 0.1) is 23.7 Å². The van der Waals surface area contributed by atoms with E-state index in [-0.39, 0.29) is 0 Å². The number of hydrogen-bond donors (Lipinski definition) is 0. The average Bonchev–Trinajstić information content (AvgIpc) is 2.78. The second-order valence-electron chi connectivity index (χ2n) is 4.62. The topological polar surface area (TPSA) is 0 Å². The van der Waals surface area contributed by atoms with E-state index in [1.54, 1.807) is 0 Å². The molecule has 1 rings (SSSR count). The summed E-state index contributed by atoms with van der Waals surface area (Å²) >= 11 is 0. The first-order valence-electron chi connectivity index (χ1n) is 7.08. The first-order chi connectivity index (χ1) is 8.38. The van der Waals surface area contributed by atoms with Crippen LogP contribution >= 0.6 is 0 Å². The van der Waals surface area contributed by atoms with E-state index in [9.17, 15) is 0 Å². The largest absolute Gasteiger partial charge is 0.0982 e. The van der Waals surface area contributed by atoms with Crippen molar-refractivity contribution in [3.63, 3.8) is 0 Å². The Kier molecular flexibility index (Phi) is 7.33. The second kappa shape index (κ2) is 8.95. The van der Waals surface area contributed by atoms with Gasteiger partial charge in [-0.25, -0.2) is 0 Å². The molecule has 0 aromatic heterocycles. The van der Waals surface area contributed by atoms with Crippen molar-refractivity contribution in [2.75, 3.05) is 0 Å². The summed E-state index contributed by atoms with van der Waals surface area (Å²) in [5, 5.41) is 0. The van der Waals surface area contributed by atoms with Crippen LogP contribution < -0.4 is 0 Å². The van der Waals surface area contributed by atoms with Gasteiger partial charge in [0.1, 0.15) is 0 Å². The lowest BCUT2D eigenvalue weighted by Gasteiger charge is -1.91. The normalized spacial score (nSPS) is 14.0. The van der Waals surface area contributed by atoms with Crippen LogP contribution in [0.25, 0.3) is 0 Å². The fourth-order valence-corrected chi connectivity index (χ4v) is 1.89. The molecule has 17 heavy (non-hydrogen) atoms. The average molecular weight is 228 g/mol. The van der Waals surface area contributed by atoms with Crippen LogP contribution in [0.15, 0.2) is 11.1 Å². The van der Waals surface area contributed by atoms with E-state index < -0.39 is 0 Å². The van der Waals surface area contributed by atoms with Crippen molar-refractivity contribution in [2.24, 2.45) is 0 Å². The molecule has 1 aliphatic carbocycles. The third-order valence-electron chi connectivity index (χ3n) is 3.01. The van der Waals surface area contributed by atoms with Gasteiger partial charge in [0, 0.05) is 24.0 Å². The fourth-order valence-electron chi connectivity index (χ4n) is 1.89. The molecule has 0 atom stereocenters. The summed E-state index contributed by atoms with van der Waals surface area (Å²) in [7, 11) is 0. The number of rotatable bonds is 4. The molecule has 92 valence electrons. The number of unbranched alkanes of at least 4 members (excludes halogenated alkanes) is 4. The van der Waals surface area contributed by atoms with Gasteiger partial charge < -0.3 is 0 Å². The first-order valence-corrected chi connectivity index (χ1v) is 7.08. The maximum atomic E-state index is 3.33. The summed E-state index contributed by atoms with van der Waals surface area (Å²) in [6.07, 6.45) is 10.5. The van der Waals surface area contributed by atoms with Gasteiger partial charge in [-0.3, -0.25) is 0 Å². The molecular formula is C17H24. The molecule has 0 fully saturated rings. The number of hydrogen-bond acceptors (Lipinski definition) is 0. The molecule has 0 aliphatic heterocycles. The van der Waals surface area contributed by atoms with Gasteiger partial charge in [-0.1, -0.05) is 50.4 Å². The highest BCUT2D eigenvalue weighted by Crippen LogP contribution is 2.24. The summed E-state index contributed by atoms with van der Waals surface area (Å²) in [6, 6.07) is 0. The van der Waals surface area contributed by atoms with E-state index in [0.29, 0.717) is 0 Å². The Morgan fingerprint density at radius 3 is 1.71 bits per heavy atom. The lowest BCUT2D eigenvalue weighted by Crippen LogP contribution is -1.78. The van der Waals surface area contributed by atoms with Crippen molar-refractivity contribution < 1.29 is 0 Å². The molecule has 1 aliphatic rings. The van der Waals surface area contributed by atoms with Gasteiger partial charge in [0.05, 0.1) is 0 Å². The lowest BCUT2D eigenvalue weighted by molar-refractivity contribution is 0.828. The molecule has 0 saturated heterocycles. The predicted molar refractivity (Wildman–Crippen MR) is 75.5 cm³/mol. The fraction of sp³-hybridized carbons (Fsp3) is 0.647. The molecule has 0 heterocycles. The van der Waals surface area contributed by atoms with Crippen LogP contribution in [-0.4, -0.2) is 0 Å². The van der Waals surface area contributed by atoms with Crippen LogP contribution in [-0.2, 0) is 0 Å². The second-order valence-corrected chi connectivity index (χ2v) is 4.62. The highest BCUT2D eigenvalue weighted by molar-refractivity contribution is 5.45. The molecule has 0 radical (unpaired) electrons. The summed E-state index contributed by atoms with van der Waals surface area (Å²) < 4.78 is 0. The quantitative estimate of drug-likeness (QED) is 0.476. The third kappa shape index (κ3) is 5.65. The molecule has 0 saturated carbocycles. The zero-order chi connectivity index (χ0) is 12.3. The van der Waals surface area contributed by atoms with E-state index in [0.717, 1.165) is 25.7 Å². The van der Waals surface area contributed by atoms with E-state index in [2.05, 4.69) is 37.5 Å². The minimum Gasteiger partial charge on any atom is -0.0982 e. The van der Waals surface area contributed by atoms with E-state index in [1.165, 1.54) is 43.3 Å². The zero-order valence-corrected chi connectivity index (χ0v) is 11.4. The van der Waals surface area contributed by atoms with Crippen molar-refractivity contribution in [1.29, 1.82) is 0 Å². The standard InChI is InChI=1S/C17H24/c1-3-5-7-9-12-16-14-11-15-17(16)13-10-8-6-4-2/h3-8,11,14-15H2,1-2H3. The van der Waals surface area contributed by atoms with E-state index >= 15 is 0 Å². The van der Waals surface area contributed by atoms with E-state index in [4.69, 9.17) is 0 Å². The SMILES string of the molecule is CCCCC#CC1=C(C#CCCCC)CCC1. The van der Waals surface area contributed by atoms with Crippen LogP contribution in [0.3, 0.4) is 0 Å². The van der Waals surface area contributed by atoms with Gasteiger partial charge >= 0.3 is 0 Å². The van der Waals surface area contributed by atoms with Gasteiger partial charge in [-0.05, 0) is 32.1 Å². The lowest BCUT2D eigenvalue weighted by atomic mass is 10.1. The predicted octanol–water partition coefficient (Wildman–Crippen LogP) is 4.85. The first kappa shape index (κ1) is 13.9. The molecule has 0 aromatic carbocycles. The molecule has 0 aromatic rings. The minimum absolute atomic E-state index is 1.04. The van der Waals surface area contributed by atoms with Crippen molar-refractivity contribution in [3.05, 3.63) is 11.1 Å². The molecular weight excluding hydrogens is 204 g/mol. The van der Waals surface area contributed by atoms with Gasteiger partial charge in [0.15, 0.2) is 0 Å². The van der Waals surface area contributed by atoms with Gasteiger partial charge in [0.25, 0.3) is 0 Å². The van der Waals surface area contributed by atoms with Crippen molar-refractivity contribution in [2.45, 2.75) is 71.6 Å². The third-order valence-corrected chi connectivity index (χ3v) is 3.01. The van der Waals surface area contributed by atoms with Crippen LogP contribution in [0.4, 0.5) is 0 Å². The summed E-state index contributed by atoms with van der Waals surface area (Å²) in [6.45, 7) is 4.42. The molecule has 0 bridgehead atoms. The summed E-state index contributed by atoms with van der Waals surface area (Å²) in [5.41, 5.74) is 2.65. The Bertz CT molecular complexity index is 326. The van der Waals surface area contributed by atoms with Gasteiger partial charge in [0.2, 0.25) is 0 Å². The number of allylic oxidation sites excluding steroid dienone is 2. The van der Waals surface area contributed by atoms with Gasteiger partial charge in [-0.15, -0.1) is 0 Å². The Morgan fingerprint density at radius 1 is 0.824 bits per heavy atom. The smallest absolute Gasteiger partial charge is 0.0136 e. The van der Waals surface area contributed by atoms with Crippen LogP contribution in [0.1, 0.15) is 71.6 Å². The maximum Gasteiger partial charge on any atom is 0.0136 e. The van der Waals surface area contributed by atoms with Crippen molar-refractivity contribution in [1.82, 2.24) is 0 Å². The molecule has 0 nitrogen and oxygen atoms in total. The summed E-state index contributed by atoms with van der Waals surface area (Å²) in [4.78, 5) is 0. The zero-order valence-electron chi connectivity index (χ0n) is 11.4. The van der Waals surface area contributed by atoms with Crippen molar-refractivity contribution >= 4 is 0 Å². The molecule has 0 N–H and O–H groups in total. The molecule has 0 unspecified atom stereocenters. The molecule has 0 spiro atoms.